The van der Waals surface area contributed by atoms with Gasteiger partial charge < -0.3 is 24.4 Å². The Morgan fingerprint density at radius 2 is 1.93 bits per heavy atom. The molecule has 3 aromatic rings. The molecule has 0 amide bonds. The first-order valence-electron chi connectivity index (χ1n) is 8.62. The zero-order valence-electron chi connectivity index (χ0n) is 15.5. The third-order valence-corrected chi connectivity index (χ3v) is 4.65. The van der Waals surface area contributed by atoms with Crippen LogP contribution in [0.5, 0.6) is 17.2 Å². The number of anilines is 2. The van der Waals surface area contributed by atoms with E-state index in [0.717, 1.165) is 4.90 Å². The lowest BCUT2D eigenvalue weighted by atomic mass is 10.3. The first kappa shape index (κ1) is 19.9. The van der Waals surface area contributed by atoms with Crippen molar-refractivity contribution in [3.63, 3.8) is 0 Å². The second-order valence-corrected chi connectivity index (χ2v) is 7.38. The summed E-state index contributed by atoms with van der Waals surface area (Å²) in [4.78, 5) is 9.31. The largest absolute Gasteiger partial charge is 0.612 e. The summed E-state index contributed by atoms with van der Waals surface area (Å²) in [5.41, 5.74) is 0. The maximum absolute atomic E-state index is 11.5. The van der Waals surface area contributed by atoms with Crippen molar-refractivity contribution in [3.05, 3.63) is 60.9 Å². The van der Waals surface area contributed by atoms with Crippen molar-refractivity contribution in [1.82, 2.24) is 9.97 Å². The number of benzene rings is 1. The van der Waals surface area contributed by atoms with Crippen LogP contribution in [0, 0.1) is 0 Å². The maximum atomic E-state index is 11.5. The first-order valence-corrected chi connectivity index (χ1v) is 10.2. The number of aromatic nitrogens is 2. The van der Waals surface area contributed by atoms with E-state index < -0.39 is 17.3 Å². The number of hydrogen-bond donors (Lipinski definition) is 2. The quantitative estimate of drug-likeness (QED) is 0.559. The molecule has 0 spiro atoms. The number of nitrogens with zero attached hydrogens (tertiary/aromatic N) is 2. The van der Waals surface area contributed by atoms with Crippen LogP contribution in [0.15, 0.2) is 65.8 Å². The molecule has 0 aliphatic rings. The molecule has 1 unspecified atom stereocenters. The van der Waals surface area contributed by atoms with Gasteiger partial charge in [-0.15, -0.1) is 0 Å². The highest BCUT2D eigenvalue weighted by atomic mass is 32.2. The van der Waals surface area contributed by atoms with Crippen LogP contribution in [-0.2, 0) is 11.2 Å². The summed E-state index contributed by atoms with van der Waals surface area (Å²) >= 11 is -1.04. The van der Waals surface area contributed by atoms with Gasteiger partial charge in [-0.05, 0) is 54.5 Å². The standard InChI is InChI=1S/C20H21N3O4S/c1-14(13-24)26-18-11-16(27-15-6-8-17(9-7-15)28(2)25)12-22-20(18)23-19-5-3-4-10-21-19/h3-12,14,24H,13H2,1-2H3,(H,21,22,23)/t14-,28?/m0/s1. The van der Waals surface area contributed by atoms with Gasteiger partial charge in [0.1, 0.15) is 29.7 Å². The molecule has 0 radical (unpaired) electrons. The summed E-state index contributed by atoms with van der Waals surface area (Å²) in [5, 5.41) is 12.4. The molecule has 2 N–H and O–H groups in total. The van der Waals surface area contributed by atoms with Crippen LogP contribution in [0.2, 0.25) is 0 Å². The lowest BCUT2D eigenvalue weighted by molar-refractivity contribution is 0.130. The molecule has 0 fully saturated rings. The zero-order chi connectivity index (χ0) is 19.9. The van der Waals surface area contributed by atoms with Crippen molar-refractivity contribution in [2.75, 3.05) is 18.2 Å². The van der Waals surface area contributed by atoms with Crippen LogP contribution in [0.1, 0.15) is 6.92 Å². The summed E-state index contributed by atoms with van der Waals surface area (Å²) < 4.78 is 23.1. The van der Waals surface area contributed by atoms with E-state index in [1.165, 1.54) is 0 Å². The van der Waals surface area contributed by atoms with Crippen LogP contribution in [0.4, 0.5) is 11.6 Å². The van der Waals surface area contributed by atoms with Crippen LogP contribution >= 0.6 is 0 Å². The van der Waals surface area contributed by atoms with Crippen LogP contribution < -0.4 is 14.8 Å². The lowest BCUT2D eigenvalue weighted by Crippen LogP contribution is -2.17. The maximum Gasteiger partial charge on any atom is 0.174 e. The van der Waals surface area contributed by atoms with Gasteiger partial charge in [-0.2, -0.15) is 0 Å². The van der Waals surface area contributed by atoms with Crippen molar-refractivity contribution in [3.8, 4) is 17.2 Å². The average molecular weight is 399 g/mol. The van der Waals surface area contributed by atoms with Gasteiger partial charge in [0.05, 0.1) is 12.8 Å². The van der Waals surface area contributed by atoms with Gasteiger partial charge in [-0.3, -0.25) is 0 Å². The minimum Gasteiger partial charge on any atom is -0.612 e. The first-order chi connectivity index (χ1) is 13.5. The Hall–Kier alpha value is -2.81. The van der Waals surface area contributed by atoms with Crippen LogP contribution in [-0.4, -0.2) is 38.6 Å². The molecule has 0 bridgehead atoms. The number of nitrogens with one attached hydrogen (secondary N) is 1. The highest BCUT2D eigenvalue weighted by Gasteiger charge is 2.13. The van der Waals surface area contributed by atoms with E-state index in [-0.39, 0.29) is 6.61 Å². The predicted molar refractivity (Wildman–Crippen MR) is 108 cm³/mol. The van der Waals surface area contributed by atoms with Crippen LogP contribution in [0.25, 0.3) is 0 Å². The Morgan fingerprint density at radius 1 is 1.14 bits per heavy atom. The number of hydrogen-bond acceptors (Lipinski definition) is 7. The van der Waals surface area contributed by atoms with Crippen molar-refractivity contribution in [2.24, 2.45) is 0 Å². The molecule has 2 atom stereocenters. The van der Waals surface area contributed by atoms with Gasteiger partial charge in [-0.25, -0.2) is 9.97 Å². The van der Waals surface area contributed by atoms with Gasteiger partial charge in [0.15, 0.2) is 16.5 Å². The van der Waals surface area contributed by atoms with E-state index in [2.05, 4.69) is 15.3 Å². The van der Waals surface area contributed by atoms with Gasteiger partial charge >= 0.3 is 0 Å². The van der Waals surface area contributed by atoms with Crippen molar-refractivity contribution in [1.29, 1.82) is 0 Å². The smallest absolute Gasteiger partial charge is 0.174 e. The summed E-state index contributed by atoms with van der Waals surface area (Å²) in [6.45, 7) is 1.62. The fraction of sp³-hybridized carbons (Fsp3) is 0.200. The minimum atomic E-state index is -1.04. The van der Waals surface area contributed by atoms with E-state index >= 15 is 0 Å². The average Bonchev–Trinajstić information content (AvgIpc) is 2.71. The van der Waals surface area contributed by atoms with E-state index in [9.17, 15) is 9.66 Å². The number of aliphatic hydroxyl groups is 1. The molecule has 8 heteroatoms. The highest BCUT2D eigenvalue weighted by Crippen LogP contribution is 2.32. The summed E-state index contributed by atoms with van der Waals surface area (Å²) in [5.74, 6) is 2.56. The molecule has 2 aromatic heterocycles. The lowest BCUT2D eigenvalue weighted by Gasteiger charge is -2.17. The fourth-order valence-corrected chi connectivity index (χ4v) is 2.83. The summed E-state index contributed by atoms with van der Waals surface area (Å²) in [6, 6.07) is 14.2. The topological polar surface area (TPSA) is 99.6 Å². The van der Waals surface area contributed by atoms with Crippen molar-refractivity contribution < 1.29 is 19.1 Å². The third-order valence-electron chi connectivity index (χ3n) is 3.72. The van der Waals surface area contributed by atoms with Gasteiger partial charge in [0.25, 0.3) is 0 Å². The minimum absolute atomic E-state index is 0.135. The molecule has 7 nitrogen and oxygen atoms in total. The predicted octanol–water partition coefficient (Wildman–Crippen LogP) is 3.51. The second kappa shape index (κ2) is 9.41. The molecule has 28 heavy (non-hydrogen) atoms. The zero-order valence-corrected chi connectivity index (χ0v) is 16.3. The van der Waals surface area contributed by atoms with Crippen LogP contribution in [0.3, 0.4) is 0 Å². The number of rotatable bonds is 8. The molecule has 0 saturated heterocycles. The highest BCUT2D eigenvalue weighted by molar-refractivity contribution is 7.90. The molecular formula is C20H21N3O4S. The Morgan fingerprint density at radius 3 is 2.57 bits per heavy atom. The van der Waals surface area contributed by atoms with Gasteiger partial charge in [0, 0.05) is 12.3 Å². The number of pyridine rings is 2. The molecule has 146 valence electrons. The molecule has 2 heterocycles. The molecule has 0 aliphatic heterocycles. The van der Waals surface area contributed by atoms with Gasteiger partial charge in [0.2, 0.25) is 0 Å². The monoisotopic (exact) mass is 399 g/mol. The Kier molecular flexibility index (Phi) is 6.70. The second-order valence-electron chi connectivity index (χ2n) is 6.00. The van der Waals surface area contributed by atoms with E-state index in [1.807, 2.05) is 18.2 Å². The fourth-order valence-electron chi connectivity index (χ4n) is 2.31. The molecule has 3 rings (SSSR count). The Labute approximate surface area is 166 Å². The van der Waals surface area contributed by atoms with E-state index in [4.69, 9.17) is 9.47 Å². The van der Waals surface area contributed by atoms with Crippen molar-refractivity contribution >= 4 is 22.8 Å². The SMILES string of the molecule is C[C@@H](CO)Oc1cc(Oc2ccc([S+](C)[O-])cc2)cnc1Nc1ccccn1. The van der Waals surface area contributed by atoms with Gasteiger partial charge in [-0.1, -0.05) is 6.07 Å². The van der Waals surface area contributed by atoms with Crippen molar-refractivity contribution in [2.45, 2.75) is 17.9 Å². The Balaban J connectivity index is 1.83. The third kappa shape index (κ3) is 5.35. The summed E-state index contributed by atoms with van der Waals surface area (Å²) in [7, 11) is 0. The molecule has 0 aliphatic carbocycles. The molecule has 0 saturated carbocycles. The molecular weight excluding hydrogens is 378 g/mol. The summed E-state index contributed by atoms with van der Waals surface area (Å²) in [6.07, 6.45) is 4.44. The molecule has 1 aromatic carbocycles. The number of ether oxygens (including phenoxy) is 2. The van der Waals surface area contributed by atoms with E-state index in [0.29, 0.717) is 28.9 Å². The van der Waals surface area contributed by atoms with E-state index in [1.54, 1.807) is 55.9 Å². The number of aliphatic hydroxyl groups excluding tert-OH is 1. The normalized spacial score (nSPS) is 12.9. The Bertz CT molecular complexity index is 892.